The number of hydrogen-bond acceptors (Lipinski definition) is 5. The standard InChI is InChI=1S/C23H25F2N5O2/c24-18-6-5-15(13-19(18)25)7-8-28-9-11-29(12-10-28)30-22-17-4-2-1-3-16(17)20(23(31)32)21(22)26-14-27-30/h5-6,13-14H,1-4,7-12H2,(H,31,32). The summed E-state index contributed by atoms with van der Waals surface area (Å²) in [7, 11) is 0. The number of halogens is 2. The smallest absolute Gasteiger partial charge is 0.338 e. The summed E-state index contributed by atoms with van der Waals surface area (Å²) < 4.78 is 26.6. The molecule has 4 aliphatic rings. The molecule has 0 spiro atoms. The zero-order valence-electron chi connectivity index (χ0n) is 17.7. The van der Waals surface area contributed by atoms with Gasteiger partial charge in [0, 0.05) is 32.7 Å². The van der Waals surface area contributed by atoms with Gasteiger partial charge in [0.1, 0.15) is 17.7 Å². The predicted octanol–water partition coefficient (Wildman–Crippen LogP) is 2.73. The number of aromatic nitrogens is 3. The minimum Gasteiger partial charge on any atom is -0.478 e. The van der Waals surface area contributed by atoms with Gasteiger partial charge in [-0.05, 0) is 60.9 Å². The molecule has 7 nitrogen and oxygen atoms in total. The molecule has 0 aromatic heterocycles. The number of fused-ring (bicyclic) bond motifs is 3. The van der Waals surface area contributed by atoms with Crippen LogP contribution in [0.1, 0.15) is 39.9 Å². The van der Waals surface area contributed by atoms with Crippen molar-refractivity contribution in [2.75, 3.05) is 37.7 Å². The van der Waals surface area contributed by atoms with Gasteiger partial charge in [0.05, 0.1) is 5.56 Å². The Morgan fingerprint density at radius 2 is 1.78 bits per heavy atom. The molecule has 2 aliphatic carbocycles. The molecule has 0 amide bonds. The first kappa shape index (κ1) is 20.8. The van der Waals surface area contributed by atoms with Crippen molar-refractivity contribution in [1.82, 2.24) is 19.8 Å². The van der Waals surface area contributed by atoms with Gasteiger partial charge in [0.2, 0.25) is 0 Å². The van der Waals surface area contributed by atoms with E-state index in [0.717, 1.165) is 80.8 Å². The van der Waals surface area contributed by atoms with E-state index in [0.29, 0.717) is 17.7 Å². The lowest BCUT2D eigenvalue weighted by Gasteiger charge is -2.37. The molecule has 1 aromatic carbocycles. The second-order valence-electron chi connectivity index (χ2n) is 8.48. The highest BCUT2D eigenvalue weighted by Crippen LogP contribution is 2.39. The van der Waals surface area contributed by atoms with Crippen LogP contribution in [0.3, 0.4) is 0 Å². The minimum atomic E-state index is -0.926. The molecular weight excluding hydrogens is 416 g/mol. The molecule has 5 rings (SSSR count). The quantitative estimate of drug-likeness (QED) is 0.656. The lowest BCUT2D eigenvalue weighted by molar-refractivity contribution is 0.0696. The van der Waals surface area contributed by atoms with E-state index >= 15 is 0 Å². The van der Waals surface area contributed by atoms with E-state index in [2.05, 4.69) is 20.0 Å². The van der Waals surface area contributed by atoms with Gasteiger partial charge in [0.25, 0.3) is 0 Å². The van der Waals surface area contributed by atoms with Crippen LogP contribution in [0, 0.1) is 11.6 Å². The van der Waals surface area contributed by atoms with Gasteiger partial charge in [0.15, 0.2) is 11.6 Å². The Bertz CT molecular complexity index is 1120. The molecule has 2 aliphatic heterocycles. The Balaban J connectivity index is 1.31. The molecule has 0 saturated carbocycles. The summed E-state index contributed by atoms with van der Waals surface area (Å²) in [4.78, 5) is 20.5. The Morgan fingerprint density at radius 3 is 2.50 bits per heavy atom. The van der Waals surface area contributed by atoms with E-state index in [-0.39, 0.29) is 0 Å². The average Bonchev–Trinajstić information content (AvgIpc) is 3.15. The van der Waals surface area contributed by atoms with Crippen molar-refractivity contribution in [3.05, 3.63) is 58.4 Å². The monoisotopic (exact) mass is 441 g/mol. The second kappa shape index (κ2) is 8.46. The molecule has 32 heavy (non-hydrogen) atoms. The SMILES string of the molecule is O=C(O)c1c2ncnn(N3CCN(CCc4ccc(F)c(F)c4)CC3)c-2c2c1CCCC2. The van der Waals surface area contributed by atoms with E-state index in [1.807, 2.05) is 4.79 Å². The second-order valence-corrected chi connectivity index (χ2v) is 8.48. The number of aromatic carboxylic acids is 1. The van der Waals surface area contributed by atoms with Crippen LogP contribution in [0.4, 0.5) is 8.78 Å². The van der Waals surface area contributed by atoms with Crippen LogP contribution in [-0.2, 0) is 19.3 Å². The maximum atomic E-state index is 13.4. The summed E-state index contributed by atoms with van der Waals surface area (Å²) in [5.41, 5.74) is 4.46. The highest BCUT2D eigenvalue weighted by molar-refractivity contribution is 5.99. The fourth-order valence-electron chi connectivity index (χ4n) is 4.96. The zero-order valence-corrected chi connectivity index (χ0v) is 17.7. The van der Waals surface area contributed by atoms with Gasteiger partial charge in [-0.3, -0.25) is 9.91 Å². The zero-order chi connectivity index (χ0) is 22.2. The van der Waals surface area contributed by atoms with Crippen molar-refractivity contribution < 1.29 is 18.7 Å². The Morgan fingerprint density at radius 1 is 1.03 bits per heavy atom. The highest BCUT2D eigenvalue weighted by Gasteiger charge is 2.33. The number of hydrogen-bond donors (Lipinski definition) is 1. The van der Waals surface area contributed by atoms with Crippen LogP contribution in [0.5, 0.6) is 0 Å². The molecule has 0 atom stereocenters. The van der Waals surface area contributed by atoms with Crippen molar-refractivity contribution in [2.24, 2.45) is 0 Å². The third kappa shape index (κ3) is 3.70. The van der Waals surface area contributed by atoms with Gasteiger partial charge in [-0.25, -0.2) is 18.6 Å². The summed E-state index contributed by atoms with van der Waals surface area (Å²) in [6.45, 7) is 3.83. The highest BCUT2D eigenvalue weighted by atomic mass is 19.2. The molecule has 1 saturated heterocycles. The van der Waals surface area contributed by atoms with Crippen molar-refractivity contribution in [3.63, 3.8) is 0 Å². The fraction of sp³-hybridized carbons (Fsp3) is 0.435. The van der Waals surface area contributed by atoms with Crippen LogP contribution in [0.15, 0.2) is 24.5 Å². The Hall–Kier alpha value is -3.07. The molecule has 1 N–H and O–H groups in total. The van der Waals surface area contributed by atoms with Crippen molar-refractivity contribution in [2.45, 2.75) is 32.1 Å². The third-order valence-electron chi connectivity index (χ3n) is 6.60. The summed E-state index contributed by atoms with van der Waals surface area (Å²) in [5.74, 6) is -2.56. The van der Waals surface area contributed by atoms with E-state index in [1.165, 1.54) is 18.5 Å². The van der Waals surface area contributed by atoms with Crippen molar-refractivity contribution in [1.29, 1.82) is 0 Å². The number of carboxylic acid groups (broad SMARTS) is 1. The molecule has 1 aromatic rings. The first-order valence-electron chi connectivity index (χ1n) is 11.0. The van der Waals surface area contributed by atoms with E-state index in [4.69, 9.17) is 0 Å². The number of rotatable bonds is 5. The van der Waals surface area contributed by atoms with Gasteiger partial charge < -0.3 is 5.11 Å². The molecule has 0 bridgehead atoms. The number of carbonyl (C=O) groups is 1. The molecule has 0 radical (unpaired) electrons. The maximum absolute atomic E-state index is 13.4. The van der Waals surface area contributed by atoms with Crippen LogP contribution in [0.25, 0.3) is 11.4 Å². The minimum absolute atomic E-state index is 0.330. The summed E-state index contributed by atoms with van der Waals surface area (Å²) in [5, 5.41) is 16.4. The van der Waals surface area contributed by atoms with E-state index in [1.54, 1.807) is 6.07 Å². The first-order valence-corrected chi connectivity index (χ1v) is 11.0. The van der Waals surface area contributed by atoms with Crippen molar-refractivity contribution >= 4 is 5.97 Å². The molecule has 168 valence electrons. The third-order valence-corrected chi connectivity index (χ3v) is 6.60. The number of nitrogens with zero attached hydrogens (tertiary/aromatic N) is 5. The predicted molar refractivity (Wildman–Crippen MR) is 115 cm³/mol. The summed E-state index contributed by atoms with van der Waals surface area (Å²) in [6, 6.07) is 4.06. The van der Waals surface area contributed by atoms with Gasteiger partial charge in [-0.2, -0.15) is 4.79 Å². The number of carboxylic acids is 1. The molecular formula is C23H25F2N5O2. The maximum Gasteiger partial charge on any atom is 0.338 e. The summed E-state index contributed by atoms with van der Waals surface area (Å²) >= 11 is 0. The number of piperazine rings is 1. The lowest BCUT2D eigenvalue weighted by Crippen LogP contribution is -2.52. The van der Waals surface area contributed by atoms with Gasteiger partial charge in [-0.15, -0.1) is 5.10 Å². The summed E-state index contributed by atoms with van der Waals surface area (Å²) in [6.07, 6.45) is 5.74. The van der Waals surface area contributed by atoms with Crippen LogP contribution in [0.2, 0.25) is 0 Å². The van der Waals surface area contributed by atoms with Crippen LogP contribution < -0.4 is 5.01 Å². The molecule has 9 heteroatoms. The average molecular weight is 441 g/mol. The molecule has 1 fully saturated rings. The number of benzene rings is 1. The fourth-order valence-corrected chi connectivity index (χ4v) is 4.96. The van der Waals surface area contributed by atoms with E-state index in [9.17, 15) is 18.7 Å². The largest absolute Gasteiger partial charge is 0.478 e. The van der Waals surface area contributed by atoms with Gasteiger partial charge >= 0.3 is 5.97 Å². The van der Waals surface area contributed by atoms with Crippen LogP contribution in [-0.4, -0.2) is 63.6 Å². The van der Waals surface area contributed by atoms with Crippen LogP contribution >= 0.6 is 0 Å². The Labute approximate surface area is 184 Å². The van der Waals surface area contributed by atoms with Gasteiger partial charge in [-0.1, -0.05) is 6.07 Å². The normalized spacial score (nSPS) is 17.0. The first-order chi connectivity index (χ1) is 15.5. The molecule has 0 unspecified atom stereocenters. The topological polar surface area (TPSA) is 74.5 Å². The Kier molecular flexibility index (Phi) is 5.50. The van der Waals surface area contributed by atoms with E-state index < -0.39 is 17.6 Å². The lowest BCUT2D eigenvalue weighted by atomic mass is 9.93. The molecule has 2 heterocycles. The van der Waals surface area contributed by atoms with Crippen molar-refractivity contribution in [3.8, 4) is 11.4 Å².